The third-order valence-electron chi connectivity index (χ3n) is 10.7. The Kier molecular flexibility index (Phi) is 5.72. The molecule has 1 aromatic heterocycles. The van der Waals surface area contributed by atoms with Crippen LogP contribution in [-0.2, 0) is 12.0 Å². The molecule has 0 saturated heterocycles. The zero-order valence-corrected chi connectivity index (χ0v) is 26.9. The molecule has 7 aromatic rings. The van der Waals surface area contributed by atoms with Gasteiger partial charge >= 0.3 is 0 Å². The number of rotatable bonds is 5. The molecule has 0 saturated carbocycles. The van der Waals surface area contributed by atoms with E-state index in [0.29, 0.717) is 6.54 Å². The van der Waals surface area contributed by atoms with E-state index in [1.165, 1.54) is 60.4 Å². The number of nitrogens with zero attached hydrogens (tertiary/aromatic N) is 2. The van der Waals surface area contributed by atoms with Crippen LogP contribution in [0.3, 0.4) is 0 Å². The van der Waals surface area contributed by atoms with Crippen molar-refractivity contribution in [3.8, 4) is 28.0 Å². The molecule has 3 aliphatic rings. The highest BCUT2D eigenvalue weighted by atomic mass is 16.5. The predicted molar refractivity (Wildman–Crippen MR) is 200 cm³/mol. The molecular weight excluding hydrogens is 587 g/mol. The summed E-state index contributed by atoms with van der Waals surface area (Å²) in [6.07, 6.45) is 8.64. The minimum absolute atomic E-state index is 0.0528. The van der Waals surface area contributed by atoms with Crippen molar-refractivity contribution >= 4 is 49.7 Å². The minimum atomic E-state index is -0.298. The van der Waals surface area contributed by atoms with E-state index in [1.807, 2.05) is 7.05 Å². The van der Waals surface area contributed by atoms with Crippen molar-refractivity contribution in [1.29, 1.82) is 0 Å². The van der Waals surface area contributed by atoms with E-state index in [-0.39, 0.29) is 11.5 Å². The third kappa shape index (κ3) is 3.68. The van der Waals surface area contributed by atoms with Crippen molar-refractivity contribution in [2.75, 3.05) is 12.4 Å². The summed E-state index contributed by atoms with van der Waals surface area (Å²) in [6.45, 7) is 2.88. The number of aliphatic imine (C=N–C) groups is 1. The van der Waals surface area contributed by atoms with Crippen LogP contribution in [0.15, 0.2) is 145 Å². The summed E-state index contributed by atoms with van der Waals surface area (Å²) in [5.41, 5.74) is 12.5. The van der Waals surface area contributed by atoms with Crippen molar-refractivity contribution in [2.45, 2.75) is 25.0 Å². The highest BCUT2D eigenvalue weighted by molar-refractivity contribution is 6.30. The maximum Gasteiger partial charge on any atom is 0.130 e. The number of hydrogen-bond acceptors (Lipinski definition) is 3. The molecule has 1 aliphatic heterocycles. The first-order valence-corrected chi connectivity index (χ1v) is 16.7. The Morgan fingerprint density at radius 2 is 1.46 bits per heavy atom. The SMILES string of the molecule is CNc1ccccc1N=C(Cn1c2cccc3c2c2c4c(cccc4ccc21)-c1ccccc1-3)c1cccc2c1C1(C)C=CC=CC1O2. The standard InChI is InChI=1S/C44H33N3O/c1-44-25-8-7-22-39(44)48-38-21-11-17-32(43(38)44)35(46-34-19-6-5-18-33(34)45-2)26-47-36-20-10-16-31-29-14-4-3-13-28(29)30-15-9-12-27-23-24-37(47)42(40(27)30)41(31)36/h3-25,39,45H,26H2,1-2H3. The second-order valence-electron chi connectivity index (χ2n) is 13.3. The monoisotopic (exact) mass is 619 g/mol. The van der Waals surface area contributed by atoms with Crippen LogP contribution in [0.4, 0.5) is 11.4 Å². The average Bonchev–Trinajstić information content (AvgIpc) is 3.58. The van der Waals surface area contributed by atoms with Crippen LogP contribution in [0.1, 0.15) is 18.1 Å². The lowest BCUT2D eigenvalue weighted by Crippen LogP contribution is -2.34. The van der Waals surface area contributed by atoms with Gasteiger partial charge in [0.2, 0.25) is 0 Å². The van der Waals surface area contributed by atoms with Gasteiger partial charge in [-0.3, -0.25) is 0 Å². The van der Waals surface area contributed by atoms with Crippen LogP contribution >= 0.6 is 0 Å². The largest absolute Gasteiger partial charge is 0.485 e. The molecule has 4 nitrogen and oxygen atoms in total. The lowest BCUT2D eigenvalue weighted by molar-refractivity contribution is 0.228. The molecule has 230 valence electrons. The molecule has 0 spiro atoms. The smallest absolute Gasteiger partial charge is 0.130 e. The molecule has 48 heavy (non-hydrogen) atoms. The van der Waals surface area contributed by atoms with Gasteiger partial charge in [-0.1, -0.05) is 103 Å². The fourth-order valence-electron chi connectivity index (χ4n) is 8.50. The third-order valence-corrected chi connectivity index (χ3v) is 10.7. The summed E-state index contributed by atoms with van der Waals surface area (Å²) in [7, 11) is 1.96. The Morgan fingerprint density at radius 3 is 2.31 bits per heavy atom. The fourth-order valence-corrected chi connectivity index (χ4v) is 8.50. The Hall–Kier alpha value is -5.87. The minimum Gasteiger partial charge on any atom is -0.485 e. The van der Waals surface area contributed by atoms with Crippen molar-refractivity contribution < 1.29 is 4.74 Å². The molecule has 0 bridgehead atoms. The topological polar surface area (TPSA) is 38.5 Å². The molecule has 0 radical (unpaired) electrons. The Morgan fingerprint density at radius 1 is 0.729 bits per heavy atom. The van der Waals surface area contributed by atoms with E-state index in [2.05, 4.69) is 156 Å². The number of benzene rings is 6. The first kappa shape index (κ1) is 27.3. The van der Waals surface area contributed by atoms with E-state index in [1.54, 1.807) is 0 Å². The van der Waals surface area contributed by atoms with Crippen LogP contribution in [0, 0.1) is 0 Å². The molecule has 10 rings (SSSR count). The number of fused-ring (bicyclic) bond motifs is 6. The van der Waals surface area contributed by atoms with Crippen molar-refractivity contribution in [2.24, 2.45) is 4.99 Å². The van der Waals surface area contributed by atoms with Gasteiger partial charge in [-0.25, -0.2) is 4.99 Å². The average molecular weight is 620 g/mol. The summed E-state index contributed by atoms with van der Waals surface area (Å²) in [6, 6.07) is 41.7. The van der Waals surface area contributed by atoms with Gasteiger partial charge in [-0.05, 0) is 76.4 Å². The summed E-state index contributed by atoms with van der Waals surface area (Å²) in [5.74, 6) is 0.928. The Balaban J connectivity index is 1.28. The molecule has 6 aromatic carbocycles. The number of ether oxygens (including phenoxy) is 1. The summed E-state index contributed by atoms with van der Waals surface area (Å²) >= 11 is 0. The number of anilines is 1. The summed E-state index contributed by atoms with van der Waals surface area (Å²) in [5, 5.41) is 8.57. The van der Waals surface area contributed by atoms with E-state index in [0.717, 1.165) is 28.4 Å². The van der Waals surface area contributed by atoms with Crippen molar-refractivity contribution in [3.05, 3.63) is 151 Å². The molecule has 4 heteroatoms. The van der Waals surface area contributed by atoms with Gasteiger partial charge in [0.15, 0.2) is 0 Å². The van der Waals surface area contributed by atoms with Crippen molar-refractivity contribution in [3.63, 3.8) is 0 Å². The van der Waals surface area contributed by atoms with Crippen LogP contribution in [0.2, 0.25) is 0 Å². The van der Waals surface area contributed by atoms with Gasteiger partial charge < -0.3 is 14.6 Å². The van der Waals surface area contributed by atoms with Gasteiger partial charge in [-0.2, -0.15) is 0 Å². The Bertz CT molecular complexity index is 2590. The molecule has 2 atom stereocenters. The molecule has 0 fully saturated rings. The zero-order chi connectivity index (χ0) is 32.0. The first-order chi connectivity index (χ1) is 23.6. The van der Waals surface area contributed by atoms with Crippen LogP contribution in [0.5, 0.6) is 5.75 Å². The first-order valence-electron chi connectivity index (χ1n) is 16.7. The lowest BCUT2D eigenvalue weighted by Gasteiger charge is -2.28. The number of aromatic nitrogens is 1. The Labute approximate surface area is 279 Å². The molecule has 1 N–H and O–H groups in total. The fraction of sp³-hybridized carbons (Fsp3) is 0.114. The molecule has 2 heterocycles. The molecule has 2 aliphatic carbocycles. The number of allylic oxidation sites excluding steroid dienone is 2. The van der Waals surface area contributed by atoms with Crippen LogP contribution in [0.25, 0.3) is 54.8 Å². The van der Waals surface area contributed by atoms with E-state index >= 15 is 0 Å². The van der Waals surface area contributed by atoms with Crippen LogP contribution < -0.4 is 10.1 Å². The quantitative estimate of drug-likeness (QED) is 0.195. The zero-order valence-electron chi connectivity index (χ0n) is 26.9. The summed E-state index contributed by atoms with van der Waals surface area (Å²) in [4.78, 5) is 5.52. The van der Waals surface area contributed by atoms with Crippen molar-refractivity contribution in [1.82, 2.24) is 4.57 Å². The van der Waals surface area contributed by atoms with Gasteiger partial charge in [0.1, 0.15) is 11.9 Å². The van der Waals surface area contributed by atoms with Gasteiger partial charge in [0.25, 0.3) is 0 Å². The lowest BCUT2D eigenvalue weighted by atomic mass is 9.74. The van der Waals surface area contributed by atoms with E-state index in [4.69, 9.17) is 9.73 Å². The number of nitrogens with one attached hydrogen (secondary N) is 1. The van der Waals surface area contributed by atoms with E-state index < -0.39 is 0 Å². The molecule has 0 amide bonds. The number of para-hydroxylation sites is 2. The molecular formula is C44H33N3O. The number of hydrogen-bond donors (Lipinski definition) is 1. The maximum atomic E-state index is 6.58. The second kappa shape index (κ2) is 10.1. The van der Waals surface area contributed by atoms with E-state index in [9.17, 15) is 0 Å². The van der Waals surface area contributed by atoms with Crippen LogP contribution in [-0.4, -0.2) is 23.4 Å². The predicted octanol–water partition coefficient (Wildman–Crippen LogP) is 10.6. The van der Waals surface area contributed by atoms with Gasteiger partial charge in [-0.15, -0.1) is 0 Å². The second-order valence-corrected chi connectivity index (χ2v) is 13.3. The summed E-state index contributed by atoms with van der Waals surface area (Å²) < 4.78 is 9.07. The highest BCUT2D eigenvalue weighted by Crippen LogP contribution is 2.50. The van der Waals surface area contributed by atoms with Gasteiger partial charge in [0.05, 0.1) is 40.1 Å². The normalized spacial score (nSPS) is 18.7. The highest BCUT2D eigenvalue weighted by Gasteiger charge is 2.45. The van der Waals surface area contributed by atoms with Gasteiger partial charge in [0, 0.05) is 28.9 Å². The maximum absolute atomic E-state index is 6.58. The molecule has 2 unspecified atom stereocenters.